The van der Waals surface area contributed by atoms with Gasteiger partial charge in [0.25, 0.3) is 0 Å². The number of ketones is 1. The molecular formula is C29H33FN4O6. The van der Waals surface area contributed by atoms with Crippen LogP contribution in [0.4, 0.5) is 26.2 Å². The van der Waals surface area contributed by atoms with Gasteiger partial charge in [0.15, 0.2) is 5.78 Å². The van der Waals surface area contributed by atoms with Crippen molar-refractivity contribution in [2.75, 3.05) is 50.4 Å². The summed E-state index contributed by atoms with van der Waals surface area (Å²) < 4.78 is 29.9. The summed E-state index contributed by atoms with van der Waals surface area (Å²) in [5, 5.41) is 8.12. The number of para-hydroxylation sites is 1. The van der Waals surface area contributed by atoms with Crippen LogP contribution in [0, 0.1) is 5.82 Å². The standard InChI is InChI=1S/C29H33FN4O6/c1-18(40-26-13-11-20(28(36)39-5)16-25(26)34(2)3)31-17-21(35)14-19-10-12-24(27(15-19)38-4)33-29(37)32-23-9-7-6-8-22(23)30/h6-13,15-16,18,31H,14,17H2,1-5H3,(H2,32,33,37). The number of carbonyl (C=O) groups excluding carboxylic acids is 3. The molecule has 0 saturated heterocycles. The lowest BCUT2D eigenvalue weighted by molar-refractivity contribution is -0.118. The van der Waals surface area contributed by atoms with Gasteiger partial charge >= 0.3 is 12.0 Å². The number of nitrogens with zero attached hydrogens (tertiary/aromatic N) is 1. The number of hydrogen-bond donors (Lipinski definition) is 3. The van der Waals surface area contributed by atoms with Crippen LogP contribution in [0.15, 0.2) is 60.7 Å². The predicted molar refractivity (Wildman–Crippen MR) is 151 cm³/mol. The number of halogens is 1. The molecule has 3 aromatic rings. The maximum absolute atomic E-state index is 13.8. The average Bonchev–Trinajstić information content (AvgIpc) is 2.93. The number of Topliss-reactive ketones (excluding diaryl/α,β-unsaturated/α-hetero) is 1. The van der Waals surface area contributed by atoms with Gasteiger partial charge < -0.3 is 29.7 Å². The summed E-state index contributed by atoms with van der Waals surface area (Å²) in [7, 11) is 6.42. The van der Waals surface area contributed by atoms with E-state index in [4.69, 9.17) is 14.2 Å². The molecule has 3 rings (SSSR count). The van der Waals surface area contributed by atoms with Crippen molar-refractivity contribution in [1.29, 1.82) is 0 Å². The molecule has 40 heavy (non-hydrogen) atoms. The number of ether oxygens (including phenoxy) is 3. The molecule has 0 aromatic heterocycles. The first-order valence-corrected chi connectivity index (χ1v) is 12.4. The third kappa shape index (κ3) is 8.18. The van der Waals surface area contributed by atoms with Crippen LogP contribution in [0.1, 0.15) is 22.8 Å². The van der Waals surface area contributed by atoms with Crippen molar-refractivity contribution in [3.8, 4) is 11.5 Å². The largest absolute Gasteiger partial charge is 0.495 e. The van der Waals surface area contributed by atoms with Crippen LogP contribution in [-0.4, -0.2) is 58.9 Å². The molecular weight excluding hydrogens is 519 g/mol. The first kappa shape index (κ1) is 29.9. The predicted octanol–water partition coefficient (Wildman–Crippen LogP) is 4.46. The molecule has 0 aliphatic rings. The lowest BCUT2D eigenvalue weighted by atomic mass is 10.1. The van der Waals surface area contributed by atoms with Gasteiger partial charge in [0.1, 0.15) is 23.5 Å². The van der Waals surface area contributed by atoms with Gasteiger partial charge in [-0.15, -0.1) is 0 Å². The Morgan fingerprint density at radius 3 is 2.33 bits per heavy atom. The molecule has 0 aliphatic carbocycles. The van der Waals surface area contributed by atoms with Crippen molar-refractivity contribution in [3.05, 3.63) is 77.6 Å². The molecule has 1 unspecified atom stereocenters. The highest BCUT2D eigenvalue weighted by molar-refractivity contribution is 6.00. The van der Waals surface area contributed by atoms with Crippen LogP contribution in [0.5, 0.6) is 11.5 Å². The quantitative estimate of drug-likeness (QED) is 0.223. The number of carbonyl (C=O) groups is 3. The number of nitrogens with one attached hydrogen (secondary N) is 3. The normalized spacial score (nSPS) is 11.2. The molecule has 0 aliphatic heterocycles. The first-order chi connectivity index (χ1) is 19.1. The second-order valence-corrected chi connectivity index (χ2v) is 9.02. The highest BCUT2D eigenvalue weighted by Gasteiger charge is 2.16. The Labute approximate surface area is 232 Å². The Hall–Kier alpha value is -4.64. The summed E-state index contributed by atoms with van der Waals surface area (Å²) in [6, 6.07) is 15.1. The summed E-state index contributed by atoms with van der Waals surface area (Å²) >= 11 is 0. The Morgan fingerprint density at radius 1 is 0.925 bits per heavy atom. The molecule has 11 heteroatoms. The molecule has 0 bridgehead atoms. The number of hydrogen-bond acceptors (Lipinski definition) is 8. The molecule has 0 heterocycles. The Bertz CT molecular complexity index is 1360. The van der Waals surface area contributed by atoms with E-state index in [9.17, 15) is 18.8 Å². The number of benzene rings is 3. The second-order valence-electron chi connectivity index (χ2n) is 9.02. The molecule has 212 valence electrons. The van der Waals surface area contributed by atoms with E-state index >= 15 is 0 Å². The van der Waals surface area contributed by atoms with E-state index in [0.29, 0.717) is 34.0 Å². The minimum absolute atomic E-state index is 0.0445. The van der Waals surface area contributed by atoms with Gasteiger partial charge in [0.2, 0.25) is 0 Å². The Morgan fingerprint density at radius 2 is 1.65 bits per heavy atom. The topological polar surface area (TPSA) is 118 Å². The number of methoxy groups -OCH3 is 2. The molecule has 1 atom stereocenters. The van der Waals surface area contributed by atoms with Gasteiger partial charge in [-0.25, -0.2) is 14.0 Å². The van der Waals surface area contributed by atoms with E-state index in [1.165, 1.54) is 32.4 Å². The maximum atomic E-state index is 13.8. The van der Waals surface area contributed by atoms with Crippen LogP contribution in [0.3, 0.4) is 0 Å². The van der Waals surface area contributed by atoms with E-state index < -0.39 is 24.0 Å². The van der Waals surface area contributed by atoms with Gasteiger partial charge in [0.05, 0.1) is 43.4 Å². The summed E-state index contributed by atoms with van der Waals surface area (Å²) in [4.78, 5) is 38.7. The minimum atomic E-state index is -0.636. The van der Waals surface area contributed by atoms with Crippen molar-refractivity contribution >= 4 is 34.8 Å². The van der Waals surface area contributed by atoms with Crippen LogP contribution in [0.25, 0.3) is 0 Å². The van der Waals surface area contributed by atoms with Crippen LogP contribution < -0.4 is 30.3 Å². The number of urea groups is 1. The zero-order valence-corrected chi connectivity index (χ0v) is 23.0. The van der Waals surface area contributed by atoms with E-state index in [0.717, 1.165) is 0 Å². The summed E-state index contributed by atoms with van der Waals surface area (Å²) in [5.41, 5.74) is 2.18. The zero-order chi connectivity index (χ0) is 29.2. The van der Waals surface area contributed by atoms with E-state index in [1.54, 1.807) is 49.4 Å². The average molecular weight is 553 g/mol. The molecule has 0 radical (unpaired) electrons. The van der Waals surface area contributed by atoms with Gasteiger partial charge in [-0.3, -0.25) is 10.1 Å². The lowest BCUT2D eigenvalue weighted by Crippen LogP contribution is -2.36. The molecule has 2 amide bonds. The number of esters is 1. The highest BCUT2D eigenvalue weighted by Crippen LogP contribution is 2.29. The van der Waals surface area contributed by atoms with E-state index in [1.807, 2.05) is 19.0 Å². The molecule has 0 fully saturated rings. The number of rotatable bonds is 12. The van der Waals surface area contributed by atoms with Crippen LogP contribution in [0.2, 0.25) is 0 Å². The summed E-state index contributed by atoms with van der Waals surface area (Å²) in [6.45, 7) is 1.82. The van der Waals surface area contributed by atoms with Gasteiger partial charge in [-0.1, -0.05) is 18.2 Å². The van der Waals surface area contributed by atoms with Crippen molar-refractivity contribution < 1.29 is 33.0 Å². The fourth-order valence-electron chi connectivity index (χ4n) is 3.78. The third-order valence-electron chi connectivity index (χ3n) is 5.79. The minimum Gasteiger partial charge on any atom is -0.495 e. The van der Waals surface area contributed by atoms with Crippen LogP contribution in [-0.2, 0) is 16.0 Å². The summed E-state index contributed by atoms with van der Waals surface area (Å²) in [5.74, 6) is -0.203. The molecule has 3 aromatic carbocycles. The van der Waals surface area contributed by atoms with Gasteiger partial charge in [0, 0.05) is 20.5 Å². The molecule has 0 saturated carbocycles. The van der Waals surface area contributed by atoms with Crippen molar-refractivity contribution in [3.63, 3.8) is 0 Å². The van der Waals surface area contributed by atoms with Crippen molar-refractivity contribution in [1.82, 2.24) is 5.32 Å². The van der Waals surface area contributed by atoms with Gasteiger partial charge in [-0.2, -0.15) is 0 Å². The molecule has 10 nitrogen and oxygen atoms in total. The number of anilines is 3. The first-order valence-electron chi connectivity index (χ1n) is 12.4. The summed E-state index contributed by atoms with van der Waals surface area (Å²) in [6.07, 6.45) is -0.380. The third-order valence-corrected chi connectivity index (χ3v) is 5.79. The smallest absolute Gasteiger partial charge is 0.337 e. The SMILES string of the molecule is COC(=O)c1ccc(OC(C)NCC(=O)Cc2ccc(NC(=O)Nc3ccccc3F)c(OC)c2)c(N(C)C)c1. The lowest BCUT2D eigenvalue weighted by Gasteiger charge is -2.22. The fourth-order valence-corrected chi connectivity index (χ4v) is 3.78. The Kier molecular flexibility index (Phi) is 10.4. The van der Waals surface area contributed by atoms with E-state index in [-0.39, 0.29) is 24.4 Å². The number of amides is 2. The Balaban J connectivity index is 1.55. The second kappa shape index (κ2) is 13.9. The monoisotopic (exact) mass is 552 g/mol. The molecule has 0 spiro atoms. The maximum Gasteiger partial charge on any atom is 0.337 e. The van der Waals surface area contributed by atoms with Gasteiger partial charge in [-0.05, 0) is 55.0 Å². The molecule has 3 N–H and O–H groups in total. The highest BCUT2D eigenvalue weighted by atomic mass is 19.1. The van der Waals surface area contributed by atoms with Crippen LogP contribution >= 0.6 is 0 Å². The fraction of sp³-hybridized carbons (Fsp3) is 0.276. The zero-order valence-electron chi connectivity index (χ0n) is 23.0. The van der Waals surface area contributed by atoms with Crippen molar-refractivity contribution in [2.24, 2.45) is 0 Å². The van der Waals surface area contributed by atoms with Crippen molar-refractivity contribution in [2.45, 2.75) is 19.6 Å². The van der Waals surface area contributed by atoms with E-state index in [2.05, 4.69) is 16.0 Å².